The van der Waals surface area contributed by atoms with Crippen molar-refractivity contribution >= 4 is 11.6 Å². The van der Waals surface area contributed by atoms with Crippen LogP contribution in [0.3, 0.4) is 0 Å². The molecule has 0 atom stereocenters. The van der Waals surface area contributed by atoms with Crippen molar-refractivity contribution in [2.24, 2.45) is 7.05 Å². The molecule has 19 heavy (non-hydrogen) atoms. The molecule has 7 nitrogen and oxygen atoms in total. The highest BCUT2D eigenvalue weighted by Crippen LogP contribution is 2.21. The van der Waals surface area contributed by atoms with Crippen molar-refractivity contribution in [1.82, 2.24) is 24.4 Å². The number of aromatic carboxylic acids is 1. The maximum Gasteiger partial charge on any atom is 0.337 e. The smallest absolute Gasteiger partial charge is 0.337 e. The van der Waals surface area contributed by atoms with Crippen LogP contribution in [0.15, 0.2) is 24.5 Å². The summed E-state index contributed by atoms with van der Waals surface area (Å²) in [6.07, 6.45) is 3.35. The molecule has 0 aliphatic rings. The number of fused-ring (bicyclic) bond motifs is 1. The normalized spacial score (nSPS) is 11.1. The number of hydrogen-bond donors (Lipinski definition) is 1. The molecular weight excluding hydrogens is 246 g/mol. The molecular formula is C12H11N5O2. The Hall–Kier alpha value is -2.70. The van der Waals surface area contributed by atoms with Crippen LogP contribution in [0.25, 0.3) is 17.0 Å². The van der Waals surface area contributed by atoms with Gasteiger partial charge in [0.15, 0.2) is 11.5 Å². The first-order valence-corrected chi connectivity index (χ1v) is 5.65. The molecule has 3 heterocycles. The van der Waals surface area contributed by atoms with Gasteiger partial charge in [0.05, 0.1) is 16.8 Å². The Labute approximate surface area is 108 Å². The summed E-state index contributed by atoms with van der Waals surface area (Å²) in [5.74, 6) is -0.395. The molecule has 0 unspecified atom stereocenters. The molecule has 1 N–H and O–H groups in total. The van der Waals surface area contributed by atoms with E-state index in [1.54, 1.807) is 15.1 Å². The van der Waals surface area contributed by atoms with Gasteiger partial charge in [-0.3, -0.25) is 9.08 Å². The number of carboxylic acids is 1. The zero-order valence-electron chi connectivity index (χ0n) is 10.4. The van der Waals surface area contributed by atoms with Crippen LogP contribution in [0.5, 0.6) is 0 Å². The van der Waals surface area contributed by atoms with Gasteiger partial charge in [0, 0.05) is 19.4 Å². The largest absolute Gasteiger partial charge is 0.478 e. The van der Waals surface area contributed by atoms with Crippen molar-refractivity contribution in [3.63, 3.8) is 0 Å². The molecule has 0 aromatic carbocycles. The number of rotatable bonds is 2. The van der Waals surface area contributed by atoms with E-state index in [0.29, 0.717) is 11.5 Å². The third-order valence-electron chi connectivity index (χ3n) is 2.90. The molecule has 0 fully saturated rings. The lowest BCUT2D eigenvalue weighted by Crippen LogP contribution is -1.99. The second-order valence-electron chi connectivity index (χ2n) is 4.28. The lowest BCUT2D eigenvalue weighted by atomic mass is 10.2. The average molecular weight is 257 g/mol. The van der Waals surface area contributed by atoms with E-state index in [1.165, 1.54) is 12.3 Å². The molecule has 0 spiro atoms. The second kappa shape index (κ2) is 3.91. The van der Waals surface area contributed by atoms with Crippen molar-refractivity contribution in [3.8, 4) is 11.4 Å². The van der Waals surface area contributed by atoms with Gasteiger partial charge < -0.3 is 5.11 Å². The second-order valence-corrected chi connectivity index (χ2v) is 4.28. The SMILES string of the molecule is Cc1nn(C)cc1-c1nnc2ccc(C(=O)O)cn12. The molecule has 0 saturated carbocycles. The highest BCUT2D eigenvalue weighted by atomic mass is 16.4. The molecule has 0 saturated heterocycles. The van der Waals surface area contributed by atoms with E-state index in [4.69, 9.17) is 5.11 Å². The van der Waals surface area contributed by atoms with E-state index in [2.05, 4.69) is 15.3 Å². The lowest BCUT2D eigenvalue weighted by Gasteiger charge is -1.99. The first kappa shape index (κ1) is 11.4. The van der Waals surface area contributed by atoms with Crippen LogP contribution in [0.2, 0.25) is 0 Å². The maximum atomic E-state index is 11.0. The Kier molecular flexibility index (Phi) is 2.34. The van der Waals surface area contributed by atoms with Gasteiger partial charge in [-0.15, -0.1) is 10.2 Å². The number of hydrogen-bond acceptors (Lipinski definition) is 4. The quantitative estimate of drug-likeness (QED) is 0.744. The topological polar surface area (TPSA) is 85.3 Å². The standard InChI is InChI=1S/C12H11N5O2/c1-7-9(6-16(2)15-7)11-14-13-10-4-3-8(12(18)19)5-17(10)11/h3-6H,1-2H3,(H,18,19). The Morgan fingerprint density at radius 2 is 2.05 bits per heavy atom. The monoisotopic (exact) mass is 257 g/mol. The number of aryl methyl sites for hydroxylation is 2. The summed E-state index contributed by atoms with van der Waals surface area (Å²) in [6, 6.07) is 3.14. The molecule has 3 aromatic heterocycles. The van der Waals surface area contributed by atoms with Crippen LogP contribution in [0.4, 0.5) is 0 Å². The van der Waals surface area contributed by atoms with Crippen LogP contribution in [-0.2, 0) is 7.05 Å². The van der Waals surface area contributed by atoms with E-state index in [-0.39, 0.29) is 5.56 Å². The molecule has 0 aliphatic heterocycles. The fraction of sp³-hybridized carbons (Fsp3) is 0.167. The van der Waals surface area contributed by atoms with E-state index < -0.39 is 5.97 Å². The van der Waals surface area contributed by atoms with Gasteiger partial charge in [-0.1, -0.05) is 0 Å². The zero-order chi connectivity index (χ0) is 13.6. The van der Waals surface area contributed by atoms with Crippen LogP contribution >= 0.6 is 0 Å². The number of aromatic nitrogens is 5. The summed E-state index contributed by atoms with van der Waals surface area (Å²) in [5.41, 5.74) is 2.44. The predicted molar refractivity (Wildman–Crippen MR) is 66.9 cm³/mol. The summed E-state index contributed by atoms with van der Waals surface area (Å²) in [7, 11) is 1.82. The molecule has 3 rings (SSSR count). The van der Waals surface area contributed by atoms with Crippen LogP contribution in [0.1, 0.15) is 16.1 Å². The van der Waals surface area contributed by atoms with E-state index in [1.807, 2.05) is 20.2 Å². The summed E-state index contributed by atoms with van der Waals surface area (Å²) >= 11 is 0. The van der Waals surface area contributed by atoms with Gasteiger partial charge in [-0.05, 0) is 19.1 Å². The molecule has 0 aliphatic carbocycles. The minimum atomic E-state index is -0.982. The first-order valence-electron chi connectivity index (χ1n) is 5.65. The van der Waals surface area contributed by atoms with Crippen molar-refractivity contribution in [2.45, 2.75) is 6.92 Å². The van der Waals surface area contributed by atoms with Crippen molar-refractivity contribution in [1.29, 1.82) is 0 Å². The Morgan fingerprint density at radius 1 is 1.26 bits per heavy atom. The van der Waals surface area contributed by atoms with Crippen LogP contribution in [0, 0.1) is 6.92 Å². The highest BCUT2D eigenvalue weighted by Gasteiger charge is 2.14. The fourth-order valence-electron chi connectivity index (χ4n) is 2.02. The third-order valence-corrected chi connectivity index (χ3v) is 2.90. The number of nitrogens with zero attached hydrogens (tertiary/aromatic N) is 5. The third kappa shape index (κ3) is 1.75. The van der Waals surface area contributed by atoms with Crippen LogP contribution in [-0.4, -0.2) is 35.5 Å². The summed E-state index contributed by atoms with van der Waals surface area (Å²) < 4.78 is 3.35. The molecule has 7 heteroatoms. The Morgan fingerprint density at radius 3 is 2.68 bits per heavy atom. The minimum absolute atomic E-state index is 0.190. The summed E-state index contributed by atoms with van der Waals surface area (Å²) in [4.78, 5) is 11.0. The van der Waals surface area contributed by atoms with Gasteiger partial charge in [-0.25, -0.2) is 4.79 Å². The van der Waals surface area contributed by atoms with E-state index in [9.17, 15) is 4.79 Å². The van der Waals surface area contributed by atoms with E-state index >= 15 is 0 Å². The first-order chi connectivity index (χ1) is 9.06. The Bertz CT molecular complexity index is 787. The van der Waals surface area contributed by atoms with Crippen LogP contribution < -0.4 is 0 Å². The molecule has 0 bridgehead atoms. The van der Waals surface area contributed by atoms with Crippen molar-refractivity contribution in [3.05, 3.63) is 35.8 Å². The van der Waals surface area contributed by atoms with Gasteiger partial charge in [0.1, 0.15) is 0 Å². The number of pyridine rings is 1. The number of carboxylic acid groups (broad SMARTS) is 1. The Balaban J connectivity index is 2.27. The molecule has 96 valence electrons. The van der Waals surface area contributed by atoms with Crippen molar-refractivity contribution in [2.75, 3.05) is 0 Å². The maximum absolute atomic E-state index is 11.0. The lowest BCUT2D eigenvalue weighted by molar-refractivity contribution is 0.0696. The minimum Gasteiger partial charge on any atom is -0.478 e. The molecule has 0 amide bonds. The van der Waals surface area contributed by atoms with E-state index in [0.717, 1.165) is 11.3 Å². The van der Waals surface area contributed by atoms with Gasteiger partial charge >= 0.3 is 5.97 Å². The molecule has 0 radical (unpaired) electrons. The van der Waals surface area contributed by atoms with Crippen molar-refractivity contribution < 1.29 is 9.90 Å². The zero-order valence-corrected chi connectivity index (χ0v) is 10.4. The summed E-state index contributed by atoms with van der Waals surface area (Å²) in [6.45, 7) is 1.87. The van der Waals surface area contributed by atoms with Gasteiger partial charge in [-0.2, -0.15) is 5.10 Å². The summed E-state index contributed by atoms with van der Waals surface area (Å²) in [5, 5.41) is 21.4. The van der Waals surface area contributed by atoms with Gasteiger partial charge in [0.2, 0.25) is 0 Å². The van der Waals surface area contributed by atoms with Gasteiger partial charge in [0.25, 0.3) is 0 Å². The molecule has 3 aromatic rings. The predicted octanol–water partition coefficient (Wildman–Crippen LogP) is 1.14. The fourth-order valence-corrected chi connectivity index (χ4v) is 2.02. The average Bonchev–Trinajstić information content (AvgIpc) is 2.91. The highest BCUT2D eigenvalue weighted by molar-refractivity contribution is 5.87. The number of carbonyl (C=O) groups is 1.